The van der Waals surface area contributed by atoms with Crippen LogP contribution in [0, 0.1) is 11.3 Å². The molecular formula is C29H29N5O2. The Morgan fingerprint density at radius 1 is 0.972 bits per heavy atom. The third-order valence-corrected chi connectivity index (χ3v) is 6.44. The van der Waals surface area contributed by atoms with Crippen LogP contribution in [0.1, 0.15) is 24.8 Å². The monoisotopic (exact) mass is 479 g/mol. The summed E-state index contributed by atoms with van der Waals surface area (Å²) >= 11 is 0. The smallest absolute Gasteiger partial charge is 0.162 e. The maximum Gasteiger partial charge on any atom is 0.162 e. The maximum atomic E-state index is 9.37. The van der Waals surface area contributed by atoms with E-state index in [1.54, 1.807) is 22.9 Å². The van der Waals surface area contributed by atoms with Gasteiger partial charge in [0.1, 0.15) is 30.8 Å². The molecule has 3 heterocycles. The third-order valence-electron chi connectivity index (χ3n) is 6.44. The van der Waals surface area contributed by atoms with Crippen LogP contribution in [0.15, 0.2) is 73.7 Å². The number of ether oxygens (including phenoxy) is 2. The van der Waals surface area contributed by atoms with Gasteiger partial charge in [-0.15, -0.1) is 0 Å². The Morgan fingerprint density at radius 2 is 1.78 bits per heavy atom. The van der Waals surface area contributed by atoms with Crippen LogP contribution in [-0.2, 0) is 0 Å². The summed E-state index contributed by atoms with van der Waals surface area (Å²) in [5, 5.41) is 13.9. The van der Waals surface area contributed by atoms with Crippen LogP contribution in [0.4, 0.5) is 0 Å². The lowest BCUT2D eigenvalue weighted by atomic mass is 10.1. The van der Waals surface area contributed by atoms with Crippen molar-refractivity contribution in [1.82, 2.24) is 19.5 Å². The zero-order chi connectivity index (χ0) is 24.7. The van der Waals surface area contributed by atoms with E-state index in [9.17, 15) is 5.26 Å². The van der Waals surface area contributed by atoms with Gasteiger partial charge in [-0.1, -0.05) is 37.3 Å². The molecule has 0 N–H and O–H groups in total. The van der Waals surface area contributed by atoms with Crippen molar-refractivity contribution >= 4 is 5.65 Å². The first kappa shape index (κ1) is 23.6. The van der Waals surface area contributed by atoms with E-state index in [4.69, 9.17) is 14.5 Å². The molecule has 7 nitrogen and oxygen atoms in total. The van der Waals surface area contributed by atoms with Gasteiger partial charge in [0, 0.05) is 30.1 Å². The summed E-state index contributed by atoms with van der Waals surface area (Å²) in [5.74, 6) is 1.39. The van der Waals surface area contributed by atoms with Crippen LogP contribution in [0.5, 0.6) is 11.5 Å². The van der Waals surface area contributed by atoms with Crippen molar-refractivity contribution in [1.29, 1.82) is 5.26 Å². The highest BCUT2D eigenvalue weighted by Gasteiger charge is 2.13. The number of hydrogen-bond donors (Lipinski definition) is 0. The van der Waals surface area contributed by atoms with Gasteiger partial charge in [-0.05, 0) is 61.3 Å². The topological polar surface area (TPSA) is 75.7 Å². The highest BCUT2D eigenvalue weighted by atomic mass is 16.5. The summed E-state index contributed by atoms with van der Waals surface area (Å²) in [4.78, 5) is 7.17. The van der Waals surface area contributed by atoms with Crippen LogP contribution >= 0.6 is 0 Å². The number of rotatable bonds is 9. The standard InChI is InChI=1S/C29H29N5O2/c1-2-15-36-28-17-23(6-7-24(28)18-30)27-20-32-34-21-25(19-31-29(27)34)22-8-10-26(11-9-22)35-16-14-33-12-4-3-5-13-33/h2,6-11,17,19-21H,1,3-5,12-16H2. The van der Waals surface area contributed by atoms with Crippen molar-refractivity contribution in [3.63, 3.8) is 0 Å². The first-order valence-electron chi connectivity index (χ1n) is 12.3. The molecule has 7 heteroatoms. The van der Waals surface area contributed by atoms with Crippen LogP contribution in [0.3, 0.4) is 0 Å². The summed E-state index contributed by atoms with van der Waals surface area (Å²) < 4.78 is 13.4. The summed E-state index contributed by atoms with van der Waals surface area (Å²) in [6.45, 7) is 8.05. The van der Waals surface area contributed by atoms with Crippen molar-refractivity contribution in [3.05, 3.63) is 79.3 Å². The molecule has 1 saturated heterocycles. The highest BCUT2D eigenvalue weighted by Crippen LogP contribution is 2.30. The van der Waals surface area contributed by atoms with E-state index in [1.165, 1.54) is 32.4 Å². The molecule has 1 aliphatic rings. The molecule has 4 aromatic rings. The second-order valence-corrected chi connectivity index (χ2v) is 8.87. The van der Waals surface area contributed by atoms with E-state index in [0.29, 0.717) is 24.5 Å². The van der Waals surface area contributed by atoms with Crippen molar-refractivity contribution in [2.75, 3.05) is 32.8 Å². The quantitative estimate of drug-likeness (QED) is 0.301. The largest absolute Gasteiger partial charge is 0.492 e. The number of aromatic nitrogens is 3. The lowest BCUT2D eigenvalue weighted by Gasteiger charge is -2.26. The average molecular weight is 480 g/mol. The number of fused-ring (bicyclic) bond motifs is 1. The Bertz CT molecular complexity index is 1380. The van der Waals surface area contributed by atoms with E-state index >= 15 is 0 Å². The maximum absolute atomic E-state index is 9.37. The predicted molar refractivity (Wildman–Crippen MR) is 140 cm³/mol. The summed E-state index contributed by atoms with van der Waals surface area (Å²) in [5.41, 5.74) is 4.97. The second-order valence-electron chi connectivity index (χ2n) is 8.87. The Kier molecular flexibility index (Phi) is 7.25. The van der Waals surface area contributed by atoms with Crippen molar-refractivity contribution < 1.29 is 9.47 Å². The summed E-state index contributed by atoms with van der Waals surface area (Å²) in [6, 6.07) is 15.8. The fourth-order valence-corrected chi connectivity index (χ4v) is 4.50. The van der Waals surface area contributed by atoms with Gasteiger partial charge in [0.15, 0.2) is 5.65 Å². The van der Waals surface area contributed by atoms with Gasteiger partial charge in [-0.25, -0.2) is 9.50 Å². The van der Waals surface area contributed by atoms with Crippen LogP contribution in [0.2, 0.25) is 0 Å². The molecule has 5 rings (SSSR count). The van der Waals surface area contributed by atoms with Crippen LogP contribution in [0.25, 0.3) is 27.9 Å². The Hall–Kier alpha value is -4.15. The fraction of sp³-hybridized carbons (Fsp3) is 0.276. The molecule has 0 aliphatic carbocycles. The van der Waals surface area contributed by atoms with Gasteiger partial charge in [-0.2, -0.15) is 10.4 Å². The molecule has 0 radical (unpaired) electrons. The van der Waals surface area contributed by atoms with Crippen molar-refractivity contribution in [2.45, 2.75) is 19.3 Å². The van der Waals surface area contributed by atoms with Gasteiger partial charge >= 0.3 is 0 Å². The molecule has 0 spiro atoms. The molecule has 1 fully saturated rings. The van der Waals surface area contributed by atoms with E-state index < -0.39 is 0 Å². The first-order chi connectivity index (χ1) is 17.7. The first-order valence-corrected chi connectivity index (χ1v) is 12.3. The van der Waals surface area contributed by atoms with Crippen molar-refractivity contribution in [3.8, 4) is 39.8 Å². The minimum Gasteiger partial charge on any atom is -0.492 e. The summed E-state index contributed by atoms with van der Waals surface area (Å²) in [7, 11) is 0. The molecule has 0 bridgehead atoms. The molecule has 0 atom stereocenters. The Balaban J connectivity index is 1.30. The van der Waals surface area contributed by atoms with Gasteiger partial charge in [0.2, 0.25) is 0 Å². The number of likely N-dealkylation sites (tertiary alicyclic amines) is 1. The normalized spacial score (nSPS) is 13.9. The molecule has 1 aliphatic heterocycles. The summed E-state index contributed by atoms with van der Waals surface area (Å²) in [6.07, 6.45) is 11.2. The third kappa shape index (κ3) is 5.24. The SMILES string of the molecule is C=CCOc1cc(-c2cnn3cc(-c4ccc(OCCN5CCCCC5)cc4)cnc23)ccc1C#N. The molecule has 0 unspecified atom stereocenters. The predicted octanol–water partition coefficient (Wildman–Crippen LogP) is 5.36. The average Bonchev–Trinajstić information content (AvgIpc) is 3.36. The number of hydrogen-bond acceptors (Lipinski definition) is 6. The van der Waals surface area contributed by atoms with Crippen LogP contribution in [-0.4, -0.2) is 52.3 Å². The van der Waals surface area contributed by atoms with Crippen molar-refractivity contribution in [2.24, 2.45) is 0 Å². The lowest BCUT2D eigenvalue weighted by molar-refractivity contribution is 0.183. The Morgan fingerprint density at radius 3 is 2.56 bits per heavy atom. The number of nitrogens with zero attached hydrogens (tertiary/aromatic N) is 5. The van der Waals surface area contributed by atoms with E-state index in [-0.39, 0.29) is 0 Å². The van der Waals surface area contributed by atoms with Crippen LogP contribution < -0.4 is 9.47 Å². The van der Waals surface area contributed by atoms with E-state index in [1.807, 2.05) is 48.8 Å². The Labute approximate surface area is 211 Å². The van der Waals surface area contributed by atoms with Gasteiger partial charge in [0.05, 0.1) is 11.8 Å². The second kappa shape index (κ2) is 11.1. The minimum atomic E-state index is 0.330. The van der Waals surface area contributed by atoms with Gasteiger partial charge < -0.3 is 9.47 Å². The fourth-order valence-electron chi connectivity index (χ4n) is 4.50. The number of piperidine rings is 1. The molecule has 2 aromatic carbocycles. The van der Waals surface area contributed by atoms with E-state index in [0.717, 1.165) is 40.2 Å². The zero-order valence-corrected chi connectivity index (χ0v) is 20.3. The molecule has 36 heavy (non-hydrogen) atoms. The lowest BCUT2D eigenvalue weighted by Crippen LogP contribution is -2.33. The van der Waals surface area contributed by atoms with Gasteiger partial charge in [-0.3, -0.25) is 4.90 Å². The minimum absolute atomic E-state index is 0.330. The zero-order valence-electron chi connectivity index (χ0n) is 20.3. The molecule has 2 aromatic heterocycles. The molecule has 182 valence electrons. The molecule has 0 saturated carbocycles. The van der Waals surface area contributed by atoms with E-state index in [2.05, 4.69) is 22.6 Å². The molecular weight excluding hydrogens is 450 g/mol. The molecule has 0 amide bonds. The number of benzene rings is 2. The van der Waals surface area contributed by atoms with Gasteiger partial charge in [0.25, 0.3) is 0 Å². The highest BCUT2D eigenvalue weighted by molar-refractivity contribution is 5.79. The number of nitriles is 1.